The summed E-state index contributed by atoms with van der Waals surface area (Å²) in [4.78, 5) is 18.5. The number of carbonyl (C=O) groups excluding carboxylic acids is 1. The number of hydrogen-bond donors (Lipinski definition) is 1. The summed E-state index contributed by atoms with van der Waals surface area (Å²) in [5.74, 6) is -0.0950. The predicted octanol–water partition coefficient (Wildman–Crippen LogP) is 4.17. The second-order valence-corrected chi connectivity index (χ2v) is 7.42. The van der Waals surface area contributed by atoms with Crippen molar-refractivity contribution in [2.75, 3.05) is 18.9 Å². The van der Waals surface area contributed by atoms with E-state index in [-0.39, 0.29) is 18.5 Å². The highest BCUT2D eigenvalue weighted by Crippen LogP contribution is 2.27. The fourth-order valence-electron chi connectivity index (χ4n) is 3.12. The minimum absolute atomic E-state index is 0.0742. The summed E-state index contributed by atoms with van der Waals surface area (Å²) >= 11 is 6.29. The Balaban J connectivity index is 1.64. The van der Waals surface area contributed by atoms with E-state index in [1.54, 1.807) is 11.0 Å². The van der Waals surface area contributed by atoms with Crippen molar-refractivity contribution in [3.8, 4) is 5.69 Å². The summed E-state index contributed by atoms with van der Waals surface area (Å²) in [6, 6.07) is 12.0. The lowest BCUT2D eigenvalue weighted by atomic mass is 10.1. The Bertz CT molecular complexity index is 930. The van der Waals surface area contributed by atoms with Crippen molar-refractivity contribution in [2.45, 2.75) is 26.8 Å². The van der Waals surface area contributed by atoms with E-state index in [0.717, 1.165) is 22.4 Å². The molecule has 0 fully saturated rings. The summed E-state index contributed by atoms with van der Waals surface area (Å²) in [5, 5.41) is 7.63. The highest BCUT2D eigenvalue weighted by molar-refractivity contribution is 6.34. The molecule has 146 valence electrons. The molecule has 2 aromatic carbocycles. The average Bonchev–Trinajstić information content (AvgIpc) is 3.19. The lowest BCUT2D eigenvalue weighted by molar-refractivity contribution is -0.117. The molecule has 3 aromatic rings. The molecule has 3 rings (SSSR count). The minimum atomic E-state index is -0.0950. The topological polar surface area (TPSA) is 63.1 Å². The molecular formula is C21H24ClN5O. The van der Waals surface area contributed by atoms with Crippen LogP contribution in [0.5, 0.6) is 0 Å². The number of nitrogens with zero attached hydrogens (tertiary/aromatic N) is 4. The number of carbonyl (C=O) groups is 1. The lowest BCUT2D eigenvalue weighted by Crippen LogP contribution is -2.32. The Hall–Kier alpha value is -2.70. The van der Waals surface area contributed by atoms with E-state index in [1.165, 1.54) is 6.33 Å². The van der Waals surface area contributed by atoms with Gasteiger partial charge in [-0.15, -0.1) is 0 Å². The molecule has 0 aliphatic carbocycles. The van der Waals surface area contributed by atoms with Gasteiger partial charge in [-0.2, -0.15) is 5.10 Å². The predicted molar refractivity (Wildman–Crippen MR) is 112 cm³/mol. The zero-order valence-corrected chi connectivity index (χ0v) is 17.2. The molecule has 0 radical (unpaired) electrons. The van der Waals surface area contributed by atoms with Crippen molar-refractivity contribution in [1.29, 1.82) is 0 Å². The van der Waals surface area contributed by atoms with Crippen LogP contribution in [0.25, 0.3) is 5.69 Å². The number of halogens is 1. The van der Waals surface area contributed by atoms with Crippen molar-refractivity contribution in [1.82, 2.24) is 19.7 Å². The monoisotopic (exact) mass is 397 g/mol. The summed E-state index contributed by atoms with van der Waals surface area (Å²) < 4.78 is 1.71. The number of amides is 1. The van der Waals surface area contributed by atoms with Crippen molar-refractivity contribution < 1.29 is 4.79 Å². The quantitative estimate of drug-likeness (QED) is 0.678. The smallest absolute Gasteiger partial charge is 0.238 e. The molecule has 0 saturated carbocycles. The normalized spacial score (nSPS) is 12.2. The average molecular weight is 398 g/mol. The van der Waals surface area contributed by atoms with Crippen LogP contribution >= 0.6 is 11.6 Å². The highest BCUT2D eigenvalue weighted by atomic mass is 35.5. The first kappa shape index (κ1) is 20.0. The first-order valence-corrected chi connectivity index (χ1v) is 9.44. The van der Waals surface area contributed by atoms with E-state index in [4.69, 9.17) is 11.6 Å². The van der Waals surface area contributed by atoms with Gasteiger partial charge in [0.25, 0.3) is 0 Å². The number of anilines is 1. The van der Waals surface area contributed by atoms with Crippen molar-refractivity contribution >= 4 is 23.2 Å². The Morgan fingerprint density at radius 1 is 1.25 bits per heavy atom. The molecule has 0 bridgehead atoms. The number of rotatable bonds is 6. The summed E-state index contributed by atoms with van der Waals surface area (Å²) in [6.45, 7) is 6.25. The molecule has 1 aromatic heterocycles. The molecule has 1 atom stereocenters. The van der Waals surface area contributed by atoms with Crippen LogP contribution in [0.15, 0.2) is 49.1 Å². The van der Waals surface area contributed by atoms with E-state index in [9.17, 15) is 4.79 Å². The van der Waals surface area contributed by atoms with E-state index in [2.05, 4.69) is 22.3 Å². The van der Waals surface area contributed by atoms with Crippen LogP contribution < -0.4 is 5.32 Å². The van der Waals surface area contributed by atoms with E-state index in [0.29, 0.717) is 10.7 Å². The first-order valence-electron chi connectivity index (χ1n) is 9.07. The fourth-order valence-corrected chi connectivity index (χ4v) is 3.49. The molecular weight excluding hydrogens is 374 g/mol. The summed E-state index contributed by atoms with van der Waals surface area (Å²) in [7, 11) is 1.93. The van der Waals surface area contributed by atoms with Gasteiger partial charge in [0.1, 0.15) is 12.7 Å². The third-order valence-electron chi connectivity index (χ3n) is 4.81. The van der Waals surface area contributed by atoms with Gasteiger partial charge in [0.2, 0.25) is 5.91 Å². The SMILES string of the molecule is Cc1cc(C)c(NC(=O)CN(C)[C@@H](C)c2ccc(-n3cncn3)cc2)c(Cl)c1. The third kappa shape index (κ3) is 4.58. The number of aromatic nitrogens is 3. The molecule has 1 N–H and O–H groups in total. The minimum Gasteiger partial charge on any atom is -0.323 e. The van der Waals surface area contributed by atoms with Crippen LogP contribution in [0, 0.1) is 13.8 Å². The number of nitrogens with one attached hydrogen (secondary N) is 1. The lowest BCUT2D eigenvalue weighted by Gasteiger charge is -2.25. The summed E-state index contributed by atoms with van der Waals surface area (Å²) in [5.41, 5.74) is 4.76. The molecule has 0 unspecified atom stereocenters. The molecule has 0 saturated heterocycles. The van der Waals surface area contributed by atoms with Crippen LogP contribution in [0.1, 0.15) is 29.7 Å². The standard InChI is InChI=1S/C21H24ClN5O/c1-14-9-15(2)21(19(22)10-14)25-20(28)11-26(4)16(3)17-5-7-18(8-6-17)27-13-23-12-24-27/h5-10,12-13,16H,11H2,1-4H3,(H,25,28)/t16-/m0/s1. The van der Waals surface area contributed by atoms with Gasteiger partial charge < -0.3 is 5.32 Å². The van der Waals surface area contributed by atoms with Gasteiger partial charge in [-0.3, -0.25) is 9.69 Å². The van der Waals surface area contributed by atoms with Gasteiger partial charge in [-0.25, -0.2) is 9.67 Å². The summed E-state index contributed by atoms with van der Waals surface area (Å²) in [6.07, 6.45) is 3.16. The highest BCUT2D eigenvalue weighted by Gasteiger charge is 2.17. The second kappa shape index (κ2) is 8.54. The van der Waals surface area contributed by atoms with Gasteiger partial charge in [-0.05, 0) is 62.7 Å². The Kier molecular flexibility index (Phi) is 6.11. The van der Waals surface area contributed by atoms with Gasteiger partial charge in [-0.1, -0.05) is 29.8 Å². The zero-order valence-electron chi connectivity index (χ0n) is 16.5. The van der Waals surface area contributed by atoms with Crippen LogP contribution in [0.4, 0.5) is 5.69 Å². The van der Waals surface area contributed by atoms with E-state index in [1.807, 2.05) is 62.2 Å². The maximum atomic E-state index is 12.5. The van der Waals surface area contributed by atoms with Crippen LogP contribution in [0.3, 0.4) is 0 Å². The fraction of sp³-hybridized carbons (Fsp3) is 0.286. The number of likely N-dealkylation sites (N-methyl/N-ethyl adjacent to an activating group) is 1. The maximum Gasteiger partial charge on any atom is 0.238 e. The van der Waals surface area contributed by atoms with Crippen LogP contribution in [-0.4, -0.2) is 39.2 Å². The van der Waals surface area contributed by atoms with Gasteiger partial charge in [0.05, 0.1) is 22.9 Å². The van der Waals surface area contributed by atoms with Crippen molar-refractivity contribution in [2.24, 2.45) is 0 Å². The molecule has 0 aliphatic heterocycles. The second-order valence-electron chi connectivity index (χ2n) is 7.01. The molecule has 28 heavy (non-hydrogen) atoms. The number of benzene rings is 2. The Labute approximate surface area is 170 Å². The molecule has 6 nitrogen and oxygen atoms in total. The maximum absolute atomic E-state index is 12.5. The van der Waals surface area contributed by atoms with E-state index < -0.39 is 0 Å². The van der Waals surface area contributed by atoms with Crippen molar-refractivity contribution in [3.63, 3.8) is 0 Å². The molecule has 0 spiro atoms. The molecule has 0 aliphatic rings. The Morgan fingerprint density at radius 3 is 2.57 bits per heavy atom. The van der Waals surface area contributed by atoms with Gasteiger partial charge >= 0.3 is 0 Å². The van der Waals surface area contributed by atoms with E-state index >= 15 is 0 Å². The van der Waals surface area contributed by atoms with Crippen LogP contribution in [-0.2, 0) is 4.79 Å². The number of aryl methyl sites for hydroxylation is 2. The van der Waals surface area contributed by atoms with Gasteiger partial charge in [0, 0.05) is 6.04 Å². The molecule has 1 heterocycles. The zero-order chi connectivity index (χ0) is 20.3. The largest absolute Gasteiger partial charge is 0.323 e. The molecule has 1 amide bonds. The number of hydrogen-bond acceptors (Lipinski definition) is 4. The van der Waals surface area contributed by atoms with Crippen LogP contribution in [0.2, 0.25) is 5.02 Å². The molecule has 7 heteroatoms. The third-order valence-corrected chi connectivity index (χ3v) is 5.11. The first-order chi connectivity index (χ1) is 13.3. The van der Waals surface area contributed by atoms with Crippen molar-refractivity contribution in [3.05, 3.63) is 70.8 Å². The Morgan fingerprint density at radius 2 is 1.96 bits per heavy atom. The van der Waals surface area contributed by atoms with Gasteiger partial charge in [0.15, 0.2) is 0 Å².